The number of nitro groups is 1. The van der Waals surface area contributed by atoms with Crippen LogP contribution in [-0.2, 0) is 0 Å². The van der Waals surface area contributed by atoms with E-state index in [9.17, 15) is 10.1 Å². The molecule has 3 rings (SSSR count). The highest BCUT2D eigenvalue weighted by Crippen LogP contribution is 2.29. The molecule has 0 aliphatic heterocycles. The molecule has 2 aromatic rings. The molecule has 0 aromatic carbocycles. The maximum Gasteiger partial charge on any atom is 0.355 e. The van der Waals surface area contributed by atoms with Crippen LogP contribution in [0.3, 0.4) is 0 Å². The molecule has 8 heteroatoms. The van der Waals surface area contributed by atoms with E-state index in [-0.39, 0.29) is 17.3 Å². The Labute approximate surface area is 146 Å². The van der Waals surface area contributed by atoms with Gasteiger partial charge in [-0.3, -0.25) is 10.1 Å². The third-order valence-corrected chi connectivity index (χ3v) is 4.32. The van der Waals surface area contributed by atoms with E-state index >= 15 is 0 Å². The third-order valence-electron chi connectivity index (χ3n) is 4.32. The number of hydrogen-bond acceptors (Lipinski definition) is 6. The maximum atomic E-state index is 11.6. The lowest BCUT2D eigenvalue weighted by Crippen LogP contribution is -2.12. The van der Waals surface area contributed by atoms with Gasteiger partial charge in [-0.25, -0.2) is 14.6 Å². The fraction of sp³-hybridized carbons (Fsp3) is 0.471. The van der Waals surface area contributed by atoms with Gasteiger partial charge in [-0.05, 0) is 52.0 Å². The zero-order chi connectivity index (χ0) is 17.8. The third kappa shape index (κ3) is 3.84. The number of hydrogen-bond donors (Lipinski definition) is 1. The first-order chi connectivity index (χ1) is 12.1. The summed E-state index contributed by atoms with van der Waals surface area (Å²) < 4.78 is 1.49. The summed E-state index contributed by atoms with van der Waals surface area (Å²) in [5.74, 6) is 0.420. The SMILES string of the molecule is Cc1cc(C)n(-c2ncnc(NCCC3=CCCCC3)c2[N+](=O)[O-])n1. The van der Waals surface area contributed by atoms with Gasteiger partial charge < -0.3 is 5.32 Å². The van der Waals surface area contributed by atoms with Crippen LogP contribution < -0.4 is 5.32 Å². The van der Waals surface area contributed by atoms with Gasteiger partial charge in [-0.2, -0.15) is 5.10 Å². The zero-order valence-electron chi connectivity index (χ0n) is 14.5. The minimum absolute atomic E-state index is 0.147. The minimum Gasteiger partial charge on any atom is -0.364 e. The van der Waals surface area contributed by atoms with E-state index in [0.717, 1.165) is 30.7 Å². The molecule has 1 aliphatic rings. The van der Waals surface area contributed by atoms with E-state index in [2.05, 4.69) is 26.5 Å². The van der Waals surface area contributed by atoms with Crippen molar-refractivity contribution in [3.8, 4) is 5.82 Å². The molecule has 0 atom stereocenters. The number of aromatic nitrogens is 4. The van der Waals surface area contributed by atoms with Crippen LogP contribution in [0.4, 0.5) is 11.5 Å². The van der Waals surface area contributed by atoms with Crippen molar-refractivity contribution in [1.29, 1.82) is 0 Å². The van der Waals surface area contributed by atoms with Gasteiger partial charge in [0.15, 0.2) is 0 Å². The van der Waals surface area contributed by atoms with Crippen molar-refractivity contribution in [2.24, 2.45) is 0 Å². The van der Waals surface area contributed by atoms with Crippen LogP contribution in [0.5, 0.6) is 0 Å². The smallest absolute Gasteiger partial charge is 0.355 e. The van der Waals surface area contributed by atoms with Crippen LogP contribution in [0.15, 0.2) is 24.0 Å². The summed E-state index contributed by atoms with van der Waals surface area (Å²) in [6.07, 6.45) is 9.20. The first kappa shape index (κ1) is 17.1. The van der Waals surface area contributed by atoms with Gasteiger partial charge >= 0.3 is 5.69 Å². The monoisotopic (exact) mass is 342 g/mol. The van der Waals surface area contributed by atoms with Gasteiger partial charge in [0, 0.05) is 12.2 Å². The molecule has 0 radical (unpaired) electrons. The van der Waals surface area contributed by atoms with E-state index in [0.29, 0.717) is 6.54 Å². The summed E-state index contributed by atoms with van der Waals surface area (Å²) in [6.45, 7) is 4.29. The van der Waals surface area contributed by atoms with Crippen molar-refractivity contribution >= 4 is 11.5 Å². The number of anilines is 1. The number of aryl methyl sites for hydroxylation is 2. The molecular formula is C17H22N6O2. The molecule has 0 bridgehead atoms. The summed E-state index contributed by atoms with van der Waals surface area (Å²) in [7, 11) is 0. The van der Waals surface area contributed by atoms with E-state index in [4.69, 9.17) is 0 Å². The van der Waals surface area contributed by atoms with E-state index < -0.39 is 4.92 Å². The van der Waals surface area contributed by atoms with Gasteiger partial charge in [-0.15, -0.1) is 0 Å². The molecule has 0 saturated carbocycles. The van der Waals surface area contributed by atoms with Crippen molar-refractivity contribution in [1.82, 2.24) is 19.7 Å². The number of nitrogens with one attached hydrogen (secondary N) is 1. The van der Waals surface area contributed by atoms with Gasteiger partial charge in [0.05, 0.1) is 10.6 Å². The molecule has 2 aromatic heterocycles. The minimum atomic E-state index is -0.450. The van der Waals surface area contributed by atoms with Crippen LogP contribution in [0.1, 0.15) is 43.5 Å². The molecule has 2 heterocycles. The molecule has 132 valence electrons. The Hall–Kier alpha value is -2.77. The molecule has 0 spiro atoms. The molecule has 1 aliphatic carbocycles. The predicted octanol–water partition coefficient (Wildman–Crippen LogP) is 3.49. The van der Waals surface area contributed by atoms with Crippen LogP contribution in [0.2, 0.25) is 0 Å². The lowest BCUT2D eigenvalue weighted by Gasteiger charge is -2.13. The van der Waals surface area contributed by atoms with Crippen molar-refractivity contribution in [3.05, 3.63) is 45.5 Å². The Bertz CT molecular complexity index is 811. The number of allylic oxidation sites excluding steroid dienone is 1. The molecule has 0 saturated heterocycles. The first-order valence-corrected chi connectivity index (χ1v) is 8.51. The summed E-state index contributed by atoms with van der Waals surface area (Å²) in [4.78, 5) is 19.4. The van der Waals surface area contributed by atoms with Gasteiger partial charge in [0.1, 0.15) is 6.33 Å². The Morgan fingerprint density at radius 3 is 2.80 bits per heavy atom. The molecule has 25 heavy (non-hydrogen) atoms. The fourth-order valence-corrected chi connectivity index (χ4v) is 3.14. The summed E-state index contributed by atoms with van der Waals surface area (Å²) in [5, 5.41) is 19.0. The lowest BCUT2D eigenvalue weighted by atomic mass is 9.97. The Morgan fingerprint density at radius 2 is 2.16 bits per heavy atom. The normalized spacial score (nSPS) is 14.2. The number of nitrogens with zero attached hydrogens (tertiary/aromatic N) is 5. The standard InChI is InChI=1S/C17H22N6O2/c1-12-10-13(2)22(21-12)17-15(23(24)25)16(19-11-20-17)18-9-8-14-6-4-3-5-7-14/h6,10-11H,3-5,7-9H2,1-2H3,(H,18,19,20). The van der Waals surface area contributed by atoms with Crippen molar-refractivity contribution < 1.29 is 4.92 Å². The van der Waals surface area contributed by atoms with Crippen LogP contribution in [-0.4, -0.2) is 31.2 Å². The molecule has 8 nitrogen and oxygen atoms in total. The molecule has 0 amide bonds. The lowest BCUT2D eigenvalue weighted by molar-refractivity contribution is -0.384. The summed E-state index contributed by atoms with van der Waals surface area (Å²) in [5.41, 5.74) is 2.84. The van der Waals surface area contributed by atoms with E-state index in [1.165, 1.54) is 29.4 Å². The fourth-order valence-electron chi connectivity index (χ4n) is 3.14. The average Bonchev–Trinajstić information content (AvgIpc) is 2.93. The Kier molecular flexibility index (Phi) is 5.06. The van der Waals surface area contributed by atoms with Crippen LogP contribution in [0.25, 0.3) is 5.82 Å². The molecule has 1 N–H and O–H groups in total. The van der Waals surface area contributed by atoms with Crippen molar-refractivity contribution in [3.63, 3.8) is 0 Å². The van der Waals surface area contributed by atoms with Crippen molar-refractivity contribution in [2.75, 3.05) is 11.9 Å². The van der Waals surface area contributed by atoms with Gasteiger partial charge in [0.2, 0.25) is 11.6 Å². The molecule has 0 unspecified atom stereocenters. The average molecular weight is 342 g/mol. The first-order valence-electron chi connectivity index (χ1n) is 8.51. The number of rotatable bonds is 6. The Morgan fingerprint density at radius 1 is 1.32 bits per heavy atom. The Balaban J connectivity index is 1.84. The van der Waals surface area contributed by atoms with Crippen molar-refractivity contribution in [2.45, 2.75) is 46.0 Å². The maximum absolute atomic E-state index is 11.6. The van der Waals surface area contributed by atoms with E-state index in [1.807, 2.05) is 19.9 Å². The largest absolute Gasteiger partial charge is 0.364 e. The van der Waals surface area contributed by atoms with Gasteiger partial charge in [-0.1, -0.05) is 11.6 Å². The zero-order valence-corrected chi connectivity index (χ0v) is 14.5. The second kappa shape index (κ2) is 7.42. The summed E-state index contributed by atoms with van der Waals surface area (Å²) in [6, 6.07) is 1.86. The second-order valence-corrected chi connectivity index (χ2v) is 6.28. The van der Waals surface area contributed by atoms with E-state index in [1.54, 1.807) is 0 Å². The van der Waals surface area contributed by atoms with Crippen LogP contribution >= 0.6 is 0 Å². The molecular weight excluding hydrogens is 320 g/mol. The topological polar surface area (TPSA) is 98.8 Å². The second-order valence-electron chi connectivity index (χ2n) is 6.28. The highest BCUT2D eigenvalue weighted by molar-refractivity contribution is 5.64. The quantitative estimate of drug-likeness (QED) is 0.490. The van der Waals surface area contributed by atoms with Gasteiger partial charge in [0.25, 0.3) is 0 Å². The van der Waals surface area contributed by atoms with Crippen LogP contribution in [0, 0.1) is 24.0 Å². The molecule has 0 fully saturated rings. The predicted molar refractivity (Wildman–Crippen MR) is 94.9 cm³/mol. The highest BCUT2D eigenvalue weighted by Gasteiger charge is 2.25. The summed E-state index contributed by atoms with van der Waals surface area (Å²) >= 11 is 0. The highest BCUT2D eigenvalue weighted by atomic mass is 16.6.